The quantitative estimate of drug-likeness (QED) is 0.103. The summed E-state index contributed by atoms with van der Waals surface area (Å²) in [6.45, 7) is 14.6. The Kier molecular flexibility index (Phi) is 13.7. The molecular formula is C55H61ClN12O8. The number of anilines is 6. The summed E-state index contributed by atoms with van der Waals surface area (Å²) in [6, 6.07) is 13.8. The number of amides is 6. The molecular weight excluding hydrogens is 992 g/mol. The van der Waals surface area contributed by atoms with Crippen molar-refractivity contribution in [3.8, 4) is 11.3 Å². The van der Waals surface area contributed by atoms with Crippen molar-refractivity contribution < 1.29 is 33.9 Å². The van der Waals surface area contributed by atoms with Crippen LogP contribution in [-0.2, 0) is 47.4 Å². The molecule has 3 saturated heterocycles. The first kappa shape index (κ1) is 51.8. The molecule has 0 spiro atoms. The zero-order valence-corrected chi connectivity index (χ0v) is 43.7. The van der Waals surface area contributed by atoms with Crippen LogP contribution in [0.3, 0.4) is 0 Å². The summed E-state index contributed by atoms with van der Waals surface area (Å²) in [6.07, 6.45) is 8.12. The number of aromatic nitrogens is 4. The molecule has 21 heteroatoms. The van der Waals surface area contributed by atoms with Crippen LogP contribution < -0.4 is 36.2 Å². The molecule has 4 N–H and O–H groups in total. The Balaban J connectivity index is 0.00000657. The van der Waals surface area contributed by atoms with Crippen molar-refractivity contribution in [3.63, 3.8) is 0 Å². The van der Waals surface area contributed by atoms with Gasteiger partial charge in [0, 0.05) is 112 Å². The maximum Gasteiger partial charge on any atom is 0.293 e. The first-order valence-corrected chi connectivity index (χ1v) is 25.7. The van der Waals surface area contributed by atoms with E-state index in [1.165, 1.54) is 21.9 Å². The molecule has 6 amide bonds. The average molecular weight is 1050 g/mol. The zero-order chi connectivity index (χ0) is 52.6. The summed E-state index contributed by atoms with van der Waals surface area (Å²) >= 11 is 0. The zero-order valence-electron chi connectivity index (χ0n) is 42.9. The van der Waals surface area contributed by atoms with Gasteiger partial charge in [0.05, 0.1) is 34.8 Å². The molecule has 0 bridgehead atoms. The molecule has 8 heterocycles. The van der Waals surface area contributed by atoms with Crippen LogP contribution >= 0.6 is 12.4 Å². The molecule has 11 rings (SSSR count). The number of aliphatic hydroxyl groups excluding tert-OH is 1. The van der Waals surface area contributed by atoms with Gasteiger partial charge in [-0.2, -0.15) is 0 Å². The molecule has 1 unspecified atom stereocenters. The van der Waals surface area contributed by atoms with Crippen LogP contribution in [0.25, 0.3) is 11.3 Å². The molecule has 0 saturated carbocycles. The van der Waals surface area contributed by atoms with Crippen molar-refractivity contribution in [1.29, 1.82) is 0 Å². The lowest BCUT2D eigenvalue weighted by atomic mass is 9.90. The summed E-state index contributed by atoms with van der Waals surface area (Å²) in [7, 11) is 1.62. The van der Waals surface area contributed by atoms with E-state index in [-0.39, 0.29) is 59.6 Å². The first-order chi connectivity index (χ1) is 36.0. The van der Waals surface area contributed by atoms with E-state index >= 15 is 0 Å². The van der Waals surface area contributed by atoms with E-state index in [1.807, 2.05) is 24.3 Å². The minimum Gasteiger partial charge on any atom is -0.392 e. The third-order valence-electron chi connectivity index (χ3n) is 15.9. The van der Waals surface area contributed by atoms with Gasteiger partial charge in [0.1, 0.15) is 17.6 Å². The fraction of sp³-hybridized carbons (Fsp3) is 0.400. The first-order valence-electron chi connectivity index (χ1n) is 25.7. The topological polar surface area (TPSA) is 228 Å². The third-order valence-corrected chi connectivity index (χ3v) is 15.9. The van der Waals surface area contributed by atoms with Gasteiger partial charge in [0.25, 0.3) is 23.3 Å². The molecule has 5 aliphatic heterocycles. The molecule has 20 nitrogen and oxygen atoms in total. The molecule has 2 atom stereocenters. The summed E-state index contributed by atoms with van der Waals surface area (Å²) < 4.78 is 3.54. The number of imide groups is 2. The molecule has 396 valence electrons. The number of piperidine rings is 2. The second-order valence-corrected chi connectivity index (χ2v) is 21.3. The molecule has 3 aromatic heterocycles. The highest BCUT2D eigenvalue weighted by atomic mass is 35.5. The second-order valence-electron chi connectivity index (χ2n) is 21.3. The van der Waals surface area contributed by atoms with Gasteiger partial charge in [-0.25, -0.2) is 9.97 Å². The van der Waals surface area contributed by atoms with Gasteiger partial charge in [-0.1, -0.05) is 20.4 Å². The van der Waals surface area contributed by atoms with Gasteiger partial charge >= 0.3 is 0 Å². The molecule has 3 fully saturated rings. The molecule has 6 aliphatic rings. The number of fused-ring (bicyclic) bond motifs is 4. The van der Waals surface area contributed by atoms with Crippen molar-refractivity contribution in [2.75, 3.05) is 64.6 Å². The van der Waals surface area contributed by atoms with Gasteiger partial charge in [0.15, 0.2) is 5.82 Å². The Hall–Kier alpha value is -7.68. The van der Waals surface area contributed by atoms with Crippen LogP contribution in [-0.4, -0.2) is 127 Å². The van der Waals surface area contributed by atoms with Gasteiger partial charge in [-0.15, -0.1) is 12.4 Å². The van der Waals surface area contributed by atoms with Crippen molar-refractivity contribution in [2.24, 2.45) is 12.5 Å². The number of rotatable bonds is 11. The number of hydrogen-bond donors (Lipinski definition) is 4. The lowest BCUT2D eigenvalue weighted by Gasteiger charge is -2.47. The van der Waals surface area contributed by atoms with E-state index in [2.05, 4.69) is 67.6 Å². The molecule has 5 aromatic rings. The monoisotopic (exact) mass is 1050 g/mol. The smallest absolute Gasteiger partial charge is 0.293 e. The summed E-state index contributed by atoms with van der Waals surface area (Å²) in [5, 5.41) is 19.3. The summed E-state index contributed by atoms with van der Waals surface area (Å²) in [4.78, 5) is 111. The van der Waals surface area contributed by atoms with Crippen molar-refractivity contribution in [2.45, 2.75) is 90.6 Å². The number of aliphatic hydroxyl groups is 1. The molecule has 2 aromatic carbocycles. The highest BCUT2D eigenvalue weighted by Crippen LogP contribution is 2.41. The van der Waals surface area contributed by atoms with Gasteiger partial charge in [-0.3, -0.25) is 53.6 Å². The number of aryl methyl sites for hydroxylation is 1. The van der Waals surface area contributed by atoms with Crippen molar-refractivity contribution in [1.82, 2.24) is 34.2 Å². The highest BCUT2D eigenvalue weighted by Gasteiger charge is 2.45. The predicted molar refractivity (Wildman–Crippen MR) is 288 cm³/mol. The normalized spacial score (nSPS) is 20.5. The largest absolute Gasteiger partial charge is 0.392 e. The minimum absolute atomic E-state index is 0. The fourth-order valence-electron chi connectivity index (χ4n) is 12.1. The number of piperazine rings is 1. The Morgan fingerprint density at radius 3 is 2.41 bits per heavy atom. The number of pyridine rings is 1. The van der Waals surface area contributed by atoms with Crippen molar-refractivity contribution in [3.05, 3.63) is 118 Å². The highest BCUT2D eigenvalue weighted by molar-refractivity contribution is 6.23. The van der Waals surface area contributed by atoms with Gasteiger partial charge in [0.2, 0.25) is 17.7 Å². The molecule has 0 radical (unpaired) electrons. The maximum atomic E-state index is 14.1. The Morgan fingerprint density at radius 1 is 0.895 bits per heavy atom. The Bertz CT molecular complexity index is 3320. The van der Waals surface area contributed by atoms with Crippen LogP contribution in [0.5, 0.6) is 0 Å². The van der Waals surface area contributed by atoms with E-state index in [9.17, 15) is 38.7 Å². The van der Waals surface area contributed by atoms with Crippen LogP contribution in [0.1, 0.15) is 94.5 Å². The number of carbonyl (C=O) groups excluding carboxylic acids is 6. The number of nitrogens with zero attached hydrogens (tertiary/aromatic N) is 9. The predicted octanol–water partition coefficient (Wildman–Crippen LogP) is 4.79. The van der Waals surface area contributed by atoms with Crippen LogP contribution in [0, 0.1) is 5.41 Å². The lowest BCUT2D eigenvalue weighted by Crippen LogP contribution is -2.57. The van der Waals surface area contributed by atoms with Gasteiger partial charge in [-0.05, 0) is 105 Å². The maximum absolute atomic E-state index is 14.1. The number of nitrogens with one attached hydrogen (secondary N) is 3. The fourth-order valence-corrected chi connectivity index (χ4v) is 12.1. The average Bonchev–Trinajstić information content (AvgIpc) is 4.00. The minimum atomic E-state index is -1.02. The second kappa shape index (κ2) is 20.1. The standard InChI is InChI=1S/C55H60N12O8.ClH/c1-6-46(69)58-40-24-33(57-48-54(75)61(5)29-41(59-48)36-13-16-56-49(39(36)30-68)66-22-21-65-44(53(66)74)23-32-26-55(3,4)27-45(32)65)7-10-42(40)64-20-19-63(28-31(64)2)34-14-17-62(18-15-34)35-8-9-37-38(25-35)52(73)67(51(37)72)43-11-12-47(70)60-50(43)71;/h6-10,13,16,23-25,29,31,34,43,68H,1,11-12,14-15,17-22,26-28,30H2,2-5H3,(H,57,59)(H,58,69)(H,60,70,71);1H/t31-,43?;/m0./s1. The summed E-state index contributed by atoms with van der Waals surface area (Å²) in [5.41, 5.74) is 7.26. The van der Waals surface area contributed by atoms with Crippen LogP contribution in [0.15, 0.2) is 78.4 Å². The number of benzene rings is 2. The van der Waals surface area contributed by atoms with Crippen LogP contribution in [0.2, 0.25) is 0 Å². The van der Waals surface area contributed by atoms with E-state index in [1.54, 1.807) is 48.6 Å². The molecule has 76 heavy (non-hydrogen) atoms. The van der Waals surface area contributed by atoms with E-state index in [4.69, 9.17) is 4.98 Å². The molecule has 1 aliphatic carbocycles. The number of carbonyl (C=O) groups is 6. The van der Waals surface area contributed by atoms with E-state index in [0.717, 1.165) is 68.1 Å². The van der Waals surface area contributed by atoms with Crippen molar-refractivity contribution >= 4 is 82.2 Å². The van der Waals surface area contributed by atoms with E-state index < -0.39 is 47.7 Å². The lowest BCUT2D eigenvalue weighted by molar-refractivity contribution is -0.136. The van der Waals surface area contributed by atoms with Crippen LogP contribution in [0.4, 0.5) is 34.4 Å². The third kappa shape index (κ3) is 9.21. The number of hydrogen-bond acceptors (Lipinski definition) is 14. The Labute approximate surface area is 445 Å². The van der Waals surface area contributed by atoms with E-state index in [0.29, 0.717) is 65.4 Å². The Morgan fingerprint density at radius 2 is 1.67 bits per heavy atom. The summed E-state index contributed by atoms with van der Waals surface area (Å²) in [5.74, 6) is -2.33. The van der Waals surface area contributed by atoms with Gasteiger partial charge < -0.3 is 34.7 Å². The SMILES string of the molecule is C=CC(=O)Nc1cc(Nc2nc(-c3ccnc(N4CCn5c(cc6c5CC(C)(C)C6)C4=O)c3CO)cn(C)c2=O)ccc1N1CCN(C2CCN(c3ccc4c(c3)C(=O)N(C3CCC(=O)NC3=O)C4=O)CC2)C[C@@H]1C.Cl. The number of halogens is 1.